The molecule has 0 radical (unpaired) electrons. The Hall–Kier alpha value is -1.34. The molecule has 4 aromatic rings. The molecule has 6 heteroatoms. The summed E-state index contributed by atoms with van der Waals surface area (Å²) in [6.45, 7) is 0. The quantitative estimate of drug-likeness (QED) is 0.479. The van der Waals surface area contributed by atoms with Gasteiger partial charge in [-0.25, -0.2) is 9.97 Å². The Kier molecular flexibility index (Phi) is 3.23. The van der Waals surface area contributed by atoms with Crippen LogP contribution in [0.3, 0.4) is 0 Å². The van der Waals surface area contributed by atoms with Crippen LogP contribution in [-0.2, 0) is 0 Å². The molecule has 0 aromatic carbocycles. The van der Waals surface area contributed by atoms with Crippen LogP contribution in [0, 0.1) is 0 Å². The molecule has 0 spiro atoms. The van der Waals surface area contributed by atoms with Crippen molar-refractivity contribution in [3.63, 3.8) is 0 Å². The molecule has 0 fully saturated rings. The van der Waals surface area contributed by atoms with Gasteiger partial charge < -0.3 is 0 Å². The first-order valence-electron chi connectivity index (χ1n) is 5.90. The smallest absolute Gasteiger partial charge is 0.152 e. The third-order valence-electron chi connectivity index (χ3n) is 2.72. The highest BCUT2D eigenvalue weighted by Gasteiger charge is 2.12. The lowest BCUT2D eigenvalue weighted by molar-refractivity contribution is 1.36. The topological polar surface area (TPSA) is 25.8 Å². The van der Waals surface area contributed by atoms with Gasteiger partial charge in [0.1, 0.15) is 0 Å². The number of thiophene rings is 2. The van der Waals surface area contributed by atoms with Gasteiger partial charge in [-0.1, -0.05) is 12.1 Å². The van der Waals surface area contributed by atoms with Crippen molar-refractivity contribution < 1.29 is 0 Å². The lowest BCUT2D eigenvalue weighted by Crippen LogP contribution is -1.68. The fourth-order valence-corrected chi connectivity index (χ4v) is 5.32. The minimum absolute atomic E-state index is 1.00. The zero-order chi connectivity index (χ0) is 13.4. The Balaban J connectivity index is 1.68. The second kappa shape index (κ2) is 5.21. The molecule has 4 heterocycles. The van der Waals surface area contributed by atoms with E-state index >= 15 is 0 Å². The highest BCUT2D eigenvalue weighted by molar-refractivity contribution is 7.27. The molecule has 20 heavy (non-hydrogen) atoms. The number of thiazole rings is 2. The van der Waals surface area contributed by atoms with Gasteiger partial charge in [-0.2, -0.15) is 0 Å². The Labute approximate surface area is 132 Å². The van der Waals surface area contributed by atoms with Gasteiger partial charge in [-0.15, -0.1) is 45.3 Å². The Morgan fingerprint density at radius 1 is 0.650 bits per heavy atom. The fraction of sp³-hybridized carbons (Fsp3) is 0. The minimum atomic E-state index is 1.00. The van der Waals surface area contributed by atoms with E-state index in [1.54, 1.807) is 45.3 Å². The van der Waals surface area contributed by atoms with E-state index in [4.69, 9.17) is 0 Å². The van der Waals surface area contributed by atoms with Crippen molar-refractivity contribution >= 4 is 45.3 Å². The van der Waals surface area contributed by atoms with Crippen LogP contribution in [0.4, 0.5) is 0 Å². The normalized spacial score (nSPS) is 11.0. The summed E-state index contributed by atoms with van der Waals surface area (Å²) in [6, 6.07) is 8.39. The lowest BCUT2D eigenvalue weighted by Gasteiger charge is -1.88. The number of hydrogen-bond acceptors (Lipinski definition) is 6. The van der Waals surface area contributed by atoms with Crippen LogP contribution in [0.15, 0.2) is 47.4 Å². The molecule has 0 aliphatic heterocycles. The summed E-state index contributed by atoms with van der Waals surface area (Å²) in [5, 5.41) is 6.18. The van der Waals surface area contributed by atoms with E-state index in [9.17, 15) is 0 Å². The predicted octanol–water partition coefficient (Wildman–Crippen LogP) is 5.72. The molecule has 0 saturated carbocycles. The van der Waals surface area contributed by atoms with Crippen LogP contribution in [0.25, 0.3) is 29.5 Å². The maximum absolute atomic E-state index is 4.51. The molecule has 98 valence electrons. The van der Waals surface area contributed by atoms with Gasteiger partial charge in [-0.3, -0.25) is 0 Å². The third-order valence-corrected chi connectivity index (χ3v) is 6.99. The molecule has 0 saturated heterocycles. The van der Waals surface area contributed by atoms with Gasteiger partial charge in [0.2, 0.25) is 0 Å². The summed E-state index contributed by atoms with van der Waals surface area (Å²) in [6.07, 6.45) is 3.89. The van der Waals surface area contributed by atoms with Crippen LogP contribution in [0.5, 0.6) is 0 Å². The first kappa shape index (κ1) is 12.4. The van der Waals surface area contributed by atoms with E-state index in [1.165, 1.54) is 19.5 Å². The molecule has 4 rings (SSSR count). The average Bonchev–Trinajstić information content (AvgIpc) is 3.22. The van der Waals surface area contributed by atoms with Crippen LogP contribution in [0.2, 0.25) is 0 Å². The molecule has 0 N–H and O–H groups in total. The van der Waals surface area contributed by atoms with E-state index in [0.717, 1.165) is 10.0 Å². The third kappa shape index (κ3) is 2.25. The van der Waals surface area contributed by atoms with Gasteiger partial charge in [0.15, 0.2) is 10.0 Å². The Morgan fingerprint density at radius 3 is 1.55 bits per heavy atom. The summed E-state index contributed by atoms with van der Waals surface area (Å²) in [5.74, 6) is 0. The van der Waals surface area contributed by atoms with Crippen LogP contribution in [0.1, 0.15) is 0 Å². The monoisotopic (exact) mass is 332 g/mol. The van der Waals surface area contributed by atoms with Crippen molar-refractivity contribution in [1.82, 2.24) is 9.97 Å². The van der Waals surface area contributed by atoms with Crippen molar-refractivity contribution in [2.24, 2.45) is 0 Å². The van der Waals surface area contributed by atoms with Crippen LogP contribution >= 0.6 is 45.3 Å². The van der Waals surface area contributed by atoms with E-state index in [1.807, 2.05) is 12.4 Å². The lowest BCUT2D eigenvalue weighted by atomic mass is 10.4. The van der Waals surface area contributed by atoms with Gasteiger partial charge in [0.25, 0.3) is 0 Å². The summed E-state index contributed by atoms with van der Waals surface area (Å²) >= 11 is 6.90. The van der Waals surface area contributed by atoms with Gasteiger partial charge in [-0.05, 0) is 22.9 Å². The maximum atomic E-state index is 4.51. The van der Waals surface area contributed by atoms with Gasteiger partial charge in [0, 0.05) is 22.1 Å². The van der Waals surface area contributed by atoms with Crippen molar-refractivity contribution in [2.45, 2.75) is 0 Å². The number of hydrogen-bond donors (Lipinski definition) is 0. The molecule has 0 amide bonds. The van der Waals surface area contributed by atoms with Crippen molar-refractivity contribution in [3.8, 4) is 29.5 Å². The van der Waals surface area contributed by atoms with Crippen molar-refractivity contribution in [2.75, 3.05) is 0 Å². The first-order chi connectivity index (χ1) is 9.90. The van der Waals surface area contributed by atoms with E-state index in [2.05, 4.69) is 45.0 Å². The molecule has 0 atom stereocenters. The fourth-order valence-electron chi connectivity index (χ4n) is 1.81. The molecule has 0 aliphatic rings. The van der Waals surface area contributed by atoms with E-state index in [0.29, 0.717) is 0 Å². The zero-order valence-corrected chi connectivity index (χ0v) is 13.4. The molecule has 0 unspecified atom stereocenters. The summed E-state index contributed by atoms with van der Waals surface area (Å²) in [5.41, 5.74) is 0. The molecular formula is C14H8N2S4. The van der Waals surface area contributed by atoms with Gasteiger partial charge in [0.05, 0.1) is 9.75 Å². The van der Waals surface area contributed by atoms with Crippen molar-refractivity contribution in [1.29, 1.82) is 0 Å². The Bertz CT molecular complexity index is 739. The highest BCUT2D eigenvalue weighted by Crippen LogP contribution is 2.38. The molecule has 2 nitrogen and oxygen atoms in total. The predicted molar refractivity (Wildman–Crippen MR) is 89.8 cm³/mol. The zero-order valence-electron chi connectivity index (χ0n) is 10.1. The highest BCUT2D eigenvalue weighted by atomic mass is 32.1. The SMILES string of the molecule is c1csc(-c2cnc(-c3ncc(-c4cccs4)s3)s2)c1. The minimum Gasteiger partial charge on any atom is -0.241 e. The standard InChI is InChI=1S/C14H8N2S4/c1-3-9(17-5-1)11-7-15-13(19-11)14-16-8-12(20-14)10-4-2-6-18-10/h1-8H. The van der Waals surface area contributed by atoms with Crippen LogP contribution < -0.4 is 0 Å². The van der Waals surface area contributed by atoms with Gasteiger partial charge >= 0.3 is 0 Å². The number of aromatic nitrogens is 2. The van der Waals surface area contributed by atoms with Crippen molar-refractivity contribution in [3.05, 3.63) is 47.4 Å². The molecule has 0 aliphatic carbocycles. The molecule has 0 bridgehead atoms. The molecular weight excluding hydrogens is 324 g/mol. The largest absolute Gasteiger partial charge is 0.241 e. The second-order valence-electron chi connectivity index (χ2n) is 4.01. The average molecular weight is 332 g/mol. The number of nitrogens with zero attached hydrogens (tertiary/aromatic N) is 2. The van der Waals surface area contributed by atoms with Crippen LogP contribution in [-0.4, -0.2) is 9.97 Å². The van der Waals surface area contributed by atoms with E-state index in [-0.39, 0.29) is 0 Å². The number of rotatable bonds is 3. The second-order valence-corrected chi connectivity index (χ2v) is 7.97. The van der Waals surface area contributed by atoms with E-state index < -0.39 is 0 Å². The summed E-state index contributed by atoms with van der Waals surface area (Å²) in [7, 11) is 0. The summed E-state index contributed by atoms with van der Waals surface area (Å²) < 4.78 is 0. The molecule has 4 aromatic heterocycles. The first-order valence-corrected chi connectivity index (χ1v) is 9.29. The Morgan fingerprint density at radius 2 is 1.15 bits per heavy atom. The maximum Gasteiger partial charge on any atom is 0.152 e. The summed E-state index contributed by atoms with van der Waals surface area (Å²) in [4.78, 5) is 14.0.